The number of benzene rings is 2. The smallest absolute Gasteiger partial charge is 0.261 e. The van der Waals surface area contributed by atoms with Gasteiger partial charge in [0.15, 0.2) is 0 Å². The van der Waals surface area contributed by atoms with Crippen LogP contribution in [0.4, 0.5) is 0 Å². The molecule has 0 saturated carbocycles. The molecule has 0 bridgehead atoms. The summed E-state index contributed by atoms with van der Waals surface area (Å²) >= 11 is 0. The average molecular weight is 303 g/mol. The first-order valence-corrected chi connectivity index (χ1v) is 7.28. The summed E-state index contributed by atoms with van der Waals surface area (Å²) in [6.07, 6.45) is 3.87. The minimum atomic E-state index is -0.255. The number of carbonyl (C=O) groups is 2. The Balaban J connectivity index is 1.72. The molecule has 4 rings (SSSR count). The van der Waals surface area contributed by atoms with Gasteiger partial charge >= 0.3 is 0 Å². The first kappa shape index (κ1) is 13.6. The van der Waals surface area contributed by atoms with E-state index >= 15 is 0 Å². The number of para-hydroxylation sites is 1. The van der Waals surface area contributed by atoms with Crippen LogP contribution in [0, 0.1) is 0 Å². The van der Waals surface area contributed by atoms with Gasteiger partial charge in [0.1, 0.15) is 6.67 Å². The standard InChI is InChI=1S/C18H13N3O2/c1-21-17(22)13-8-6-11(9-14(13)18(21)23)5-7-12-3-2-4-15-16(12)20-10-19-15/h2-9H,10H2,1H3/b7-5+. The molecule has 0 saturated heterocycles. The van der Waals surface area contributed by atoms with Gasteiger partial charge in [0.05, 0.1) is 21.8 Å². The molecule has 0 aliphatic carbocycles. The molecule has 5 heteroatoms. The molecule has 0 atom stereocenters. The number of carbonyl (C=O) groups excluding carboxylic acids is 2. The third kappa shape index (κ3) is 2.09. The van der Waals surface area contributed by atoms with E-state index in [2.05, 4.69) is 9.98 Å². The van der Waals surface area contributed by atoms with E-state index in [1.54, 1.807) is 12.1 Å². The second kappa shape index (κ2) is 4.98. The number of fused-ring (bicyclic) bond motifs is 2. The average Bonchev–Trinajstić information content (AvgIpc) is 3.13. The van der Waals surface area contributed by atoms with Gasteiger partial charge in [-0.3, -0.25) is 24.5 Å². The topological polar surface area (TPSA) is 62.1 Å². The molecule has 0 spiro atoms. The van der Waals surface area contributed by atoms with Crippen molar-refractivity contribution in [1.82, 2.24) is 4.90 Å². The molecule has 0 aromatic heterocycles. The van der Waals surface area contributed by atoms with Crippen molar-refractivity contribution in [1.29, 1.82) is 0 Å². The molecule has 0 radical (unpaired) electrons. The fourth-order valence-corrected chi connectivity index (χ4v) is 2.83. The molecule has 2 amide bonds. The number of imide groups is 1. The fraction of sp³-hybridized carbons (Fsp3) is 0.111. The van der Waals surface area contributed by atoms with Gasteiger partial charge in [0, 0.05) is 12.6 Å². The highest BCUT2D eigenvalue weighted by Gasteiger charge is 2.32. The van der Waals surface area contributed by atoms with Crippen LogP contribution < -0.4 is 10.7 Å². The number of hydrogen-bond acceptors (Lipinski definition) is 4. The van der Waals surface area contributed by atoms with E-state index in [4.69, 9.17) is 0 Å². The van der Waals surface area contributed by atoms with Crippen LogP contribution in [0.1, 0.15) is 31.8 Å². The van der Waals surface area contributed by atoms with Crippen LogP contribution in [-0.4, -0.2) is 30.4 Å². The molecule has 0 N–H and O–H groups in total. The maximum absolute atomic E-state index is 12.0. The van der Waals surface area contributed by atoms with Crippen LogP contribution >= 0.6 is 0 Å². The number of nitrogens with zero attached hydrogens (tertiary/aromatic N) is 3. The lowest BCUT2D eigenvalue weighted by Gasteiger charge is -2.02. The summed E-state index contributed by atoms with van der Waals surface area (Å²) in [7, 11) is 1.50. The lowest BCUT2D eigenvalue weighted by Crippen LogP contribution is -2.24. The minimum Gasteiger partial charge on any atom is -0.277 e. The van der Waals surface area contributed by atoms with E-state index in [-0.39, 0.29) is 11.8 Å². The monoisotopic (exact) mass is 303 g/mol. The van der Waals surface area contributed by atoms with Gasteiger partial charge in [0.2, 0.25) is 0 Å². The maximum Gasteiger partial charge on any atom is 0.261 e. The zero-order chi connectivity index (χ0) is 16.0. The summed E-state index contributed by atoms with van der Waals surface area (Å²) in [5.74, 6) is -0.503. The van der Waals surface area contributed by atoms with Crippen molar-refractivity contribution in [2.75, 3.05) is 13.7 Å². The Morgan fingerprint density at radius 2 is 1.83 bits per heavy atom. The molecular formula is C18H13N3O2. The van der Waals surface area contributed by atoms with Gasteiger partial charge in [-0.25, -0.2) is 0 Å². The van der Waals surface area contributed by atoms with Gasteiger partial charge in [-0.15, -0.1) is 0 Å². The Morgan fingerprint density at radius 3 is 2.70 bits per heavy atom. The van der Waals surface area contributed by atoms with E-state index in [0.717, 1.165) is 26.7 Å². The minimum absolute atomic E-state index is 0.248. The second-order valence-corrected chi connectivity index (χ2v) is 5.48. The van der Waals surface area contributed by atoms with E-state index < -0.39 is 0 Å². The largest absolute Gasteiger partial charge is 0.277 e. The molecule has 23 heavy (non-hydrogen) atoms. The Kier molecular flexibility index (Phi) is 2.94. The summed E-state index contributed by atoms with van der Waals surface area (Å²) in [5.41, 5.74) is 2.78. The Hall–Kier alpha value is -3.08. The molecule has 0 unspecified atom stereocenters. The molecular weight excluding hydrogens is 290 g/mol. The van der Waals surface area contributed by atoms with E-state index in [1.807, 2.05) is 36.4 Å². The number of amides is 2. The van der Waals surface area contributed by atoms with E-state index in [1.165, 1.54) is 7.05 Å². The molecule has 2 aliphatic rings. The first-order chi connectivity index (χ1) is 11.1. The number of hydrogen-bond donors (Lipinski definition) is 0. The zero-order valence-electron chi connectivity index (χ0n) is 12.5. The van der Waals surface area contributed by atoms with Crippen LogP contribution in [-0.2, 0) is 0 Å². The zero-order valence-corrected chi connectivity index (χ0v) is 12.5. The van der Waals surface area contributed by atoms with Gasteiger partial charge in [0.25, 0.3) is 11.8 Å². The summed E-state index contributed by atoms with van der Waals surface area (Å²) in [6, 6.07) is 11.2. The van der Waals surface area contributed by atoms with Gasteiger partial charge in [-0.1, -0.05) is 30.4 Å². The van der Waals surface area contributed by atoms with Crippen molar-refractivity contribution < 1.29 is 9.59 Å². The van der Waals surface area contributed by atoms with Gasteiger partial charge < -0.3 is 0 Å². The Bertz CT molecular complexity index is 1010. The van der Waals surface area contributed by atoms with Crippen molar-refractivity contribution in [3.05, 3.63) is 69.4 Å². The van der Waals surface area contributed by atoms with E-state index in [0.29, 0.717) is 17.8 Å². The lowest BCUT2D eigenvalue weighted by molar-refractivity contribution is 0.0693. The Labute approximate surface area is 132 Å². The van der Waals surface area contributed by atoms with Gasteiger partial charge in [-0.05, 0) is 23.8 Å². The van der Waals surface area contributed by atoms with Gasteiger partial charge in [-0.2, -0.15) is 0 Å². The van der Waals surface area contributed by atoms with Crippen molar-refractivity contribution >= 4 is 24.0 Å². The van der Waals surface area contributed by atoms with Crippen molar-refractivity contribution in [3.8, 4) is 0 Å². The highest BCUT2D eigenvalue weighted by Crippen LogP contribution is 2.23. The lowest BCUT2D eigenvalue weighted by atomic mass is 10.0. The first-order valence-electron chi connectivity index (χ1n) is 7.28. The van der Waals surface area contributed by atoms with Crippen molar-refractivity contribution in [2.24, 2.45) is 9.98 Å². The van der Waals surface area contributed by atoms with Crippen LogP contribution in [0.2, 0.25) is 0 Å². The van der Waals surface area contributed by atoms with Crippen LogP contribution in [0.25, 0.3) is 12.2 Å². The third-order valence-electron chi connectivity index (χ3n) is 4.08. The quantitative estimate of drug-likeness (QED) is 0.620. The second-order valence-electron chi connectivity index (χ2n) is 5.48. The molecule has 2 heterocycles. The molecule has 2 aromatic carbocycles. The summed E-state index contributed by atoms with van der Waals surface area (Å²) in [6.45, 7) is 0.474. The molecule has 2 aliphatic heterocycles. The summed E-state index contributed by atoms with van der Waals surface area (Å²) in [5, 5.41) is 1.81. The molecule has 0 fully saturated rings. The van der Waals surface area contributed by atoms with Crippen LogP contribution in [0.5, 0.6) is 0 Å². The highest BCUT2D eigenvalue weighted by molar-refractivity contribution is 6.21. The fourth-order valence-electron chi connectivity index (χ4n) is 2.83. The summed E-state index contributed by atoms with van der Waals surface area (Å²) < 4.78 is 0. The predicted molar refractivity (Wildman–Crippen MR) is 85.4 cm³/mol. The highest BCUT2D eigenvalue weighted by atomic mass is 16.2. The Morgan fingerprint density at radius 1 is 1.00 bits per heavy atom. The normalized spacial score (nSPS) is 15.6. The molecule has 2 aromatic rings. The van der Waals surface area contributed by atoms with E-state index in [9.17, 15) is 9.59 Å². The van der Waals surface area contributed by atoms with Crippen molar-refractivity contribution in [3.63, 3.8) is 0 Å². The SMILES string of the molecule is CN1C(=O)c2ccc(/C=C/c3cccc4c3=NCN=4)cc2C1=O. The van der Waals surface area contributed by atoms with Crippen LogP contribution in [0.3, 0.4) is 0 Å². The predicted octanol–water partition coefficient (Wildman–Crippen LogP) is 1.29. The maximum atomic E-state index is 12.0. The summed E-state index contributed by atoms with van der Waals surface area (Å²) in [4.78, 5) is 33.8. The number of rotatable bonds is 2. The van der Waals surface area contributed by atoms with Crippen LogP contribution in [0.15, 0.2) is 46.4 Å². The molecule has 5 nitrogen and oxygen atoms in total. The third-order valence-corrected chi connectivity index (χ3v) is 4.08. The van der Waals surface area contributed by atoms with Crippen molar-refractivity contribution in [2.45, 2.75) is 0 Å². The molecule has 112 valence electrons.